The Balaban J connectivity index is 0.997. The summed E-state index contributed by atoms with van der Waals surface area (Å²) in [5.74, 6) is 1.67. The highest BCUT2D eigenvalue weighted by Gasteiger charge is 2.93. The minimum atomic E-state index is -5.38. The Labute approximate surface area is 628 Å². The van der Waals surface area contributed by atoms with Crippen LogP contribution >= 0.6 is 0 Å². The largest absolute Gasteiger partial charge is 0.520 e. The lowest BCUT2D eigenvalue weighted by molar-refractivity contribution is 0.0650. The monoisotopic (exact) mass is 1580 g/mol. The smallest absolute Gasteiger partial charge is 0.478 e. The van der Waals surface area contributed by atoms with E-state index in [1.165, 1.54) is 0 Å². The molecule has 28 heteroatoms. The molecule has 0 saturated carbocycles. The number of benzene rings is 10. The van der Waals surface area contributed by atoms with E-state index in [1.807, 2.05) is 231 Å². The van der Waals surface area contributed by atoms with Gasteiger partial charge in [0, 0.05) is 68.4 Å². The zero-order chi connectivity index (χ0) is 71.8. The van der Waals surface area contributed by atoms with Crippen LogP contribution in [0.1, 0.15) is 27.8 Å². The van der Waals surface area contributed by atoms with Gasteiger partial charge in [0.2, 0.25) is 0 Å². The third-order valence-corrected chi connectivity index (χ3v) is 66.8. The zero-order valence-corrected chi connectivity index (χ0v) is 68.8. The van der Waals surface area contributed by atoms with Crippen molar-refractivity contribution in [1.29, 1.82) is 0 Å². The fourth-order valence-corrected chi connectivity index (χ4v) is 76.9. The van der Waals surface area contributed by atoms with Gasteiger partial charge in [0.05, 0.1) is 6.23 Å². The maximum Gasteiger partial charge on any atom is 0.520 e. The van der Waals surface area contributed by atoms with Crippen molar-refractivity contribution in [3.63, 3.8) is 0 Å². The molecular weight excluding hydrogens is 1500 g/mol. The summed E-state index contributed by atoms with van der Waals surface area (Å²) in [6.45, 7) is 15.9. The van der Waals surface area contributed by atoms with Crippen molar-refractivity contribution in [3.05, 3.63) is 332 Å². The van der Waals surface area contributed by atoms with E-state index in [4.69, 9.17) is 63.6 Å². The van der Waals surface area contributed by atoms with Crippen LogP contribution in [0.3, 0.4) is 0 Å². The first kappa shape index (κ1) is 70.5. The van der Waals surface area contributed by atoms with E-state index in [0.29, 0.717) is 106 Å². The van der Waals surface area contributed by atoms with Gasteiger partial charge >= 0.3 is 87.1 Å². The summed E-state index contributed by atoms with van der Waals surface area (Å²) in [6.07, 6.45) is 4.43. The Kier molecular flexibility index (Phi) is 18.4. The van der Waals surface area contributed by atoms with Crippen molar-refractivity contribution in [1.82, 2.24) is 9.80 Å². The summed E-state index contributed by atoms with van der Waals surface area (Å²) < 4.78 is 137. The average Bonchev–Trinajstić information content (AvgIpc) is 1.45. The standard InChI is InChI=1S/C78H80N2O16Si10/c1-5-53-79-59-66-57-64(47-49-76(66)81-61-79)51-55-97(3)85-101(70-35-19-9-20-36-70)83-63-99-78(68-31-15-7-16-32-68)84-102(89-99,71-37-21-10-22-38-71)86-98(4,56-52-65-48-50-77-67(58-65)60-80(54-6-2)62-82-77)88-104(73-41-25-12-26-42-73)94-105(90-99,74-43-27-13-28-44-74)93-103(87-97,72-39-23-11-24-40-72)95-106(96-104,75-45-29-14-30-46-75)92-100(78,91-101)69-33-17-8-18-34-69/h5-50,57-58H,1-2,51-56,59-63H2,3-4H3. The normalized spacial score (nSPS) is 32.3. The van der Waals surface area contributed by atoms with Gasteiger partial charge in [-0.15, -0.1) is 13.2 Å². The SMILES string of the molecule is C=CCN1COc2ccc(CC[Si]3(C)O[Si]4(c5ccccc5)O[Si]5(c6ccccc6)O[Si]6(c7ccccc7)O[Si](C)(CCc7ccc8c(c7)CN(CC=C)CO8)O[Si]7(c8ccccc8)OC[Si]8(O[Si](c9ccccc9)(OC8(c8ccccc8)[Si](c8ccccc8)(O7)O[Si](c7ccccc7)(O4)O6)O3)O5)cc2C1. The van der Waals surface area contributed by atoms with Gasteiger partial charge < -0.3 is 67.7 Å². The van der Waals surface area contributed by atoms with Gasteiger partial charge in [0.1, 0.15) is 25.0 Å². The number of aryl methyl sites for hydroxylation is 2. The van der Waals surface area contributed by atoms with Crippen LogP contribution in [0.2, 0.25) is 25.2 Å². The van der Waals surface area contributed by atoms with Crippen molar-refractivity contribution in [2.24, 2.45) is 0 Å². The fourth-order valence-electron chi connectivity index (χ4n) is 16.0. The summed E-state index contributed by atoms with van der Waals surface area (Å²) in [5.41, 5.74) is 4.81. The molecule has 10 aromatic carbocycles. The van der Waals surface area contributed by atoms with E-state index >= 15 is 0 Å². The third kappa shape index (κ3) is 12.2. The van der Waals surface area contributed by atoms with E-state index < -0.39 is 91.9 Å². The molecule has 19 rings (SSSR count). The van der Waals surface area contributed by atoms with Gasteiger partial charge in [-0.25, -0.2) is 0 Å². The Hall–Kier alpha value is -7.19. The Morgan fingerprint density at radius 1 is 0.358 bits per heavy atom. The van der Waals surface area contributed by atoms with Crippen LogP contribution in [0.15, 0.2) is 304 Å². The molecule has 0 radical (unpaired) electrons. The van der Waals surface area contributed by atoms with Gasteiger partial charge in [-0.1, -0.05) is 279 Å². The maximum absolute atomic E-state index is 9.27. The van der Waals surface area contributed by atoms with E-state index in [9.17, 15) is 4.12 Å². The molecule has 0 amide bonds. The van der Waals surface area contributed by atoms with E-state index in [-0.39, 0.29) is 6.23 Å². The van der Waals surface area contributed by atoms with Crippen molar-refractivity contribution < 1.29 is 67.7 Å². The van der Waals surface area contributed by atoms with Crippen LogP contribution in [-0.4, -0.2) is 130 Å². The van der Waals surface area contributed by atoms with Crippen molar-refractivity contribution in [2.45, 2.75) is 56.0 Å². The van der Waals surface area contributed by atoms with Crippen LogP contribution in [-0.2, 0) is 89.0 Å². The first-order valence-corrected chi connectivity index (χ1v) is 55.3. The molecular formula is C78H80N2O16Si10. The highest BCUT2D eigenvalue weighted by atomic mass is 28.6. The number of fused-ring (bicyclic) bond motifs is 4. The topological polar surface area (TPSA) is 154 Å². The predicted octanol–water partition coefficient (Wildman–Crippen LogP) is 8.99. The molecule has 10 aromatic rings. The molecule has 7 fully saturated rings. The lowest BCUT2D eigenvalue weighted by Gasteiger charge is -2.59. The molecule has 11 unspecified atom stereocenters. The number of hydrogen-bond donors (Lipinski definition) is 0. The molecule has 0 aromatic heterocycles. The van der Waals surface area contributed by atoms with Gasteiger partial charge in [-0.3, -0.25) is 9.80 Å². The van der Waals surface area contributed by atoms with Crippen LogP contribution in [0.4, 0.5) is 0 Å². The molecule has 0 N–H and O–H groups in total. The van der Waals surface area contributed by atoms with Gasteiger partial charge in [0.15, 0.2) is 4.85 Å². The molecule has 1 spiro atoms. The second kappa shape index (κ2) is 27.7. The number of hydrogen-bond acceptors (Lipinski definition) is 18. The molecule has 18 nitrogen and oxygen atoms in total. The summed E-state index contributed by atoms with van der Waals surface area (Å²) in [4.78, 5) is 2.39. The molecule has 8 bridgehead atoms. The van der Waals surface area contributed by atoms with E-state index in [0.717, 1.165) is 33.8 Å². The Morgan fingerprint density at radius 2 is 0.689 bits per heavy atom. The number of nitrogens with zero attached hydrogens (tertiary/aromatic N) is 2. The molecule has 7 saturated heterocycles. The lowest BCUT2D eigenvalue weighted by Crippen LogP contribution is -2.92. The first-order valence-electron chi connectivity index (χ1n) is 36.1. The van der Waals surface area contributed by atoms with Crippen LogP contribution in [0, 0.1) is 0 Å². The van der Waals surface area contributed by atoms with Crippen molar-refractivity contribution in [2.75, 3.05) is 32.8 Å². The first-order chi connectivity index (χ1) is 51.7. The lowest BCUT2D eigenvalue weighted by atomic mass is 10.1. The van der Waals surface area contributed by atoms with Crippen LogP contribution in [0.5, 0.6) is 11.5 Å². The molecule has 9 aliphatic rings. The maximum atomic E-state index is 9.27. The highest BCUT2D eigenvalue weighted by Crippen LogP contribution is 2.60. The Morgan fingerprint density at radius 3 is 1.10 bits per heavy atom. The average molecular weight is 1580 g/mol. The summed E-state index contributed by atoms with van der Waals surface area (Å²) in [7, 11) is -49.8. The molecule has 11 atom stereocenters. The van der Waals surface area contributed by atoms with E-state index in [1.54, 1.807) is 0 Å². The van der Waals surface area contributed by atoms with Gasteiger partial charge in [0.25, 0.3) is 0 Å². The molecule has 9 aliphatic heterocycles. The second-order valence-electron chi connectivity index (χ2n) is 28.2. The van der Waals surface area contributed by atoms with Crippen LogP contribution in [0.25, 0.3) is 0 Å². The summed E-state index contributed by atoms with van der Waals surface area (Å²) >= 11 is 0. The molecule has 538 valence electrons. The third-order valence-electron chi connectivity index (χ3n) is 20.8. The van der Waals surface area contributed by atoms with E-state index in [2.05, 4.69) is 96.7 Å². The quantitative estimate of drug-likeness (QED) is 0.0592. The van der Waals surface area contributed by atoms with Gasteiger partial charge in [-0.05, 0) is 72.0 Å². The fraction of sp³-hybridized carbons (Fsp3) is 0.179. The highest BCUT2D eigenvalue weighted by molar-refractivity contribution is 7.15. The minimum Gasteiger partial charge on any atom is -0.478 e. The predicted molar refractivity (Wildman–Crippen MR) is 422 cm³/mol. The number of rotatable bonds is 18. The van der Waals surface area contributed by atoms with Gasteiger partial charge in [-0.2, -0.15) is 0 Å². The van der Waals surface area contributed by atoms with Crippen LogP contribution < -0.4 is 45.8 Å². The summed E-state index contributed by atoms with van der Waals surface area (Å²) in [6, 6.07) is 93.8. The molecule has 9 heterocycles. The zero-order valence-electron chi connectivity index (χ0n) is 58.8. The minimum absolute atomic E-state index is 0.312. The van der Waals surface area contributed by atoms with Crippen molar-refractivity contribution >= 4 is 123 Å². The Bertz CT molecular complexity index is 4720. The molecule has 106 heavy (non-hydrogen) atoms. The molecule has 0 aliphatic carbocycles. The second-order valence-corrected chi connectivity index (χ2v) is 59.7. The van der Waals surface area contributed by atoms with Crippen molar-refractivity contribution in [3.8, 4) is 11.5 Å². The summed E-state index contributed by atoms with van der Waals surface area (Å²) in [5, 5.41) is 4.11. The number of ether oxygens (including phenoxy) is 2.